The smallest absolute Gasteiger partial charge is 0.389 e. The second kappa shape index (κ2) is 8.28. The Morgan fingerprint density at radius 3 is 2.57 bits per heavy atom. The zero-order valence-corrected chi connectivity index (χ0v) is 15.7. The van der Waals surface area contributed by atoms with Gasteiger partial charge in [0, 0.05) is 41.2 Å². The summed E-state index contributed by atoms with van der Waals surface area (Å²) in [6.07, 6.45) is -3.39. The maximum atomic E-state index is 12.5. The zero-order valence-electron chi connectivity index (χ0n) is 14.8. The molecule has 3 aromatic rings. The van der Waals surface area contributed by atoms with Crippen LogP contribution in [0.2, 0.25) is 0 Å². The molecule has 8 heteroatoms. The van der Waals surface area contributed by atoms with E-state index in [1.807, 2.05) is 6.07 Å². The third kappa shape index (κ3) is 4.34. The van der Waals surface area contributed by atoms with Crippen molar-refractivity contribution in [2.75, 3.05) is 0 Å². The summed E-state index contributed by atoms with van der Waals surface area (Å²) in [6, 6.07) is 12.3. The van der Waals surface area contributed by atoms with Crippen LogP contribution in [0, 0.1) is 0 Å². The molecular weight excluding hydrogens is 389 g/mol. The molecule has 2 N–H and O–H groups in total. The first-order chi connectivity index (χ1) is 13.3. The normalized spacial score (nSPS) is 11.8. The first-order valence-electron chi connectivity index (χ1n) is 8.67. The summed E-state index contributed by atoms with van der Waals surface area (Å²) in [5.74, 6) is -0.371. The van der Waals surface area contributed by atoms with Crippen LogP contribution in [0.3, 0.4) is 0 Å². The number of aliphatic hydroxyl groups excluding tert-OH is 1. The van der Waals surface area contributed by atoms with Crippen LogP contribution in [0.4, 0.5) is 13.2 Å². The lowest BCUT2D eigenvalue weighted by Gasteiger charge is -2.08. The third-order valence-electron chi connectivity index (χ3n) is 4.55. The van der Waals surface area contributed by atoms with E-state index in [2.05, 4.69) is 17.5 Å². The number of alkyl halides is 3. The lowest BCUT2D eigenvalue weighted by molar-refractivity contribution is -0.135. The predicted octanol–water partition coefficient (Wildman–Crippen LogP) is 4.72. The number of rotatable bonds is 6. The number of fused-ring (bicyclic) bond motifs is 1. The third-order valence-corrected chi connectivity index (χ3v) is 4.76. The minimum atomic E-state index is -4.21. The summed E-state index contributed by atoms with van der Waals surface area (Å²) in [7, 11) is 0. The van der Waals surface area contributed by atoms with Gasteiger partial charge in [-0.05, 0) is 29.7 Å². The van der Waals surface area contributed by atoms with E-state index in [0.29, 0.717) is 22.2 Å². The van der Waals surface area contributed by atoms with Crippen LogP contribution >= 0.6 is 12.8 Å². The molecule has 28 heavy (non-hydrogen) atoms. The Morgan fingerprint density at radius 1 is 1.14 bits per heavy atom. The Balaban J connectivity index is 2.10. The number of aromatic nitrogens is 1. The molecular formula is C20H19F3N2O2S. The summed E-state index contributed by atoms with van der Waals surface area (Å²) < 4.78 is 41.7. The average molecular weight is 408 g/mol. The van der Waals surface area contributed by atoms with Crippen LogP contribution in [-0.2, 0) is 13.2 Å². The van der Waals surface area contributed by atoms with Gasteiger partial charge in [0.05, 0.1) is 6.61 Å². The molecule has 0 bridgehead atoms. The minimum Gasteiger partial charge on any atom is -0.392 e. The fourth-order valence-corrected chi connectivity index (χ4v) is 3.38. The molecule has 0 aliphatic carbocycles. The maximum absolute atomic E-state index is 12.5. The van der Waals surface area contributed by atoms with E-state index in [4.69, 9.17) is 0 Å². The van der Waals surface area contributed by atoms with E-state index < -0.39 is 12.6 Å². The van der Waals surface area contributed by atoms with Crippen molar-refractivity contribution in [1.82, 2.24) is 9.29 Å². The van der Waals surface area contributed by atoms with E-state index in [0.717, 1.165) is 10.9 Å². The number of halogens is 3. The Kier molecular flexibility index (Phi) is 6.00. The molecule has 0 fully saturated rings. The van der Waals surface area contributed by atoms with Crippen LogP contribution in [0.1, 0.15) is 28.8 Å². The highest BCUT2D eigenvalue weighted by Gasteiger charge is 2.26. The fraction of sp³-hybridized carbons (Fsp3) is 0.250. The van der Waals surface area contributed by atoms with Gasteiger partial charge in [-0.2, -0.15) is 13.2 Å². The highest BCUT2D eigenvalue weighted by Crippen LogP contribution is 2.34. The van der Waals surface area contributed by atoms with Crippen LogP contribution in [0.5, 0.6) is 0 Å². The summed E-state index contributed by atoms with van der Waals surface area (Å²) in [5, 5.41) is 10.2. The van der Waals surface area contributed by atoms with E-state index in [1.165, 1.54) is 0 Å². The van der Waals surface area contributed by atoms with Crippen molar-refractivity contribution in [3.05, 3.63) is 59.8 Å². The zero-order chi connectivity index (χ0) is 20.3. The van der Waals surface area contributed by atoms with E-state index in [1.54, 1.807) is 47.2 Å². The molecule has 3 rings (SSSR count). The number of carbonyl (C=O) groups is 1. The van der Waals surface area contributed by atoms with Crippen LogP contribution in [0.15, 0.2) is 48.7 Å². The first-order valence-corrected chi connectivity index (χ1v) is 9.12. The molecule has 4 nitrogen and oxygen atoms in total. The summed E-state index contributed by atoms with van der Waals surface area (Å²) in [6.45, 7) is 0.00345. The first kappa shape index (κ1) is 20.3. The molecule has 0 aliphatic rings. The second-order valence-corrected chi connectivity index (χ2v) is 6.67. The second-order valence-electron chi connectivity index (χ2n) is 6.45. The van der Waals surface area contributed by atoms with Gasteiger partial charge in [-0.15, -0.1) is 0 Å². The number of benzene rings is 2. The maximum Gasteiger partial charge on any atom is 0.389 e. The topological polar surface area (TPSA) is 54.3 Å². The molecule has 0 atom stereocenters. The van der Waals surface area contributed by atoms with Crippen molar-refractivity contribution < 1.29 is 23.1 Å². The quantitative estimate of drug-likeness (QED) is 0.517. The summed E-state index contributed by atoms with van der Waals surface area (Å²) in [4.78, 5) is 12.2. The number of nitrogens with zero attached hydrogens (tertiary/aromatic N) is 1. The molecule has 2 aromatic carbocycles. The number of carbonyl (C=O) groups excluding carboxylic acids is 1. The van der Waals surface area contributed by atoms with Gasteiger partial charge in [0.25, 0.3) is 5.91 Å². The number of amides is 1. The number of nitrogens with one attached hydrogen (secondary N) is 1. The van der Waals surface area contributed by atoms with Gasteiger partial charge >= 0.3 is 6.18 Å². The van der Waals surface area contributed by atoms with Gasteiger partial charge in [0.1, 0.15) is 0 Å². The SMILES string of the molecule is O=C(NS)c1ccccc1-c1cn(CCCC(F)(F)F)c2cc(CO)ccc12. The lowest BCUT2D eigenvalue weighted by atomic mass is 9.98. The van der Waals surface area contributed by atoms with Crippen molar-refractivity contribution in [2.45, 2.75) is 32.2 Å². The van der Waals surface area contributed by atoms with Crippen LogP contribution in [-0.4, -0.2) is 21.8 Å². The summed E-state index contributed by atoms with van der Waals surface area (Å²) >= 11 is 3.83. The highest BCUT2D eigenvalue weighted by molar-refractivity contribution is 7.78. The van der Waals surface area contributed by atoms with Crippen molar-refractivity contribution in [1.29, 1.82) is 0 Å². The molecule has 1 heterocycles. The van der Waals surface area contributed by atoms with Gasteiger partial charge in [-0.3, -0.25) is 9.52 Å². The van der Waals surface area contributed by atoms with Crippen molar-refractivity contribution >= 4 is 29.6 Å². The highest BCUT2D eigenvalue weighted by atomic mass is 32.1. The molecule has 0 radical (unpaired) electrons. The Labute approximate surface area is 165 Å². The molecule has 0 unspecified atom stereocenters. The number of thiol groups is 1. The summed E-state index contributed by atoms with van der Waals surface area (Å²) in [5.41, 5.74) is 3.18. The molecule has 0 saturated carbocycles. The van der Waals surface area contributed by atoms with Crippen molar-refractivity contribution in [2.24, 2.45) is 0 Å². The van der Waals surface area contributed by atoms with Crippen LogP contribution < -0.4 is 4.72 Å². The molecule has 1 amide bonds. The Hall–Kier alpha value is -2.45. The Bertz CT molecular complexity index is 999. The monoisotopic (exact) mass is 408 g/mol. The van der Waals surface area contributed by atoms with E-state index >= 15 is 0 Å². The number of hydrogen-bond donors (Lipinski definition) is 3. The molecule has 0 saturated heterocycles. The average Bonchev–Trinajstić information content (AvgIpc) is 3.04. The van der Waals surface area contributed by atoms with Crippen LogP contribution in [0.25, 0.3) is 22.0 Å². The van der Waals surface area contributed by atoms with Gasteiger partial charge in [0.15, 0.2) is 0 Å². The van der Waals surface area contributed by atoms with E-state index in [9.17, 15) is 23.1 Å². The van der Waals surface area contributed by atoms with Gasteiger partial charge in [-0.25, -0.2) is 0 Å². The standard InChI is InChI=1S/C20H19F3N2O2S/c21-20(22,23)8-3-9-25-11-17(15-7-6-13(12-26)10-18(15)25)14-4-1-2-5-16(14)19(27)24-28/h1-2,4-7,10-11,26,28H,3,8-9,12H2,(H,24,27). The van der Waals surface area contributed by atoms with E-state index in [-0.39, 0.29) is 25.5 Å². The fourth-order valence-electron chi connectivity index (χ4n) is 3.26. The number of hydrogen-bond acceptors (Lipinski definition) is 3. The van der Waals surface area contributed by atoms with Gasteiger partial charge < -0.3 is 9.67 Å². The van der Waals surface area contributed by atoms with Crippen molar-refractivity contribution in [3.8, 4) is 11.1 Å². The molecule has 0 aliphatic heterocycles. The molecule has 1 aromatic heterocycles. The molecule has 0 spiro atoms. The van der Waals surface area contributed by atoms with Gasteiger partial charge in [0.2, 0.25) is 0 Å². The molecule has 148 valence electrons. The minimum absolute atomic E-state index is 0.0607. The van der Waals surface area contributed by atoms with Gasteiger partial charge in [-0.1, -0.05) is 43.1 Å². The largest absolute Gasteiger partial charge is 0.392 e. The van der Waals surface area contributed by atoms with Crippen molar-refractivity contribution in [3.63, 3.8) is 0 Å². The number of aliphatic hydroxyl groups is 1. The predicted molar refractivity (Wildman–Crippen MR) is 105 cm³/mol. The Morgan fingerprint density at radius 2 is 1.89 bits per heavy atom. The number of aryl methyl sites for hydroxylation is 1. The lowest BCUT2D eigenvalue weighted by Crippen LogP contribution is -2.13.